The first kappa shape index (κ1) is 13.3. The predicted molar refractivity (Wildman–Crippen MR) is 67.2 cm³/mol. The molecular formula is C14H15FN2O2. The summed E-state index contributed by atoms with van der Waals surface area (Å²) in [5.41, 5.74) is -0.911. The van der Waals surface area contributed by atoms with Crippen LogP contribution in [0.3, 0.4) is 0 Å². The Morgan fingerprint density at radius 1 is 1.47 bits per heavy atom. The number of carbonyl (C=O) groups is 1. The van der Waals surface area contributed by atoms with Crippen LogP contribution in [0, 0.1) is 17.1 Å². The van der Waals surface area contributed by atoms with Crippen LogP contribution in [0.4, 0.5) is 4.39 Å². The van der Waals surface area contributed by atoms with Crippen LogP contribution >= 0.6 is 0 Å². The van der Waals surface area contributed by atoms with Crippen LogP contribution < -0.4 is 10.1 Å². The molecule has 0 bridgehead atoms. The number of methoxy groups -OCH3 is 1. The first-order valence-corrected chi connectivity index (χ1v) is 6.17. The number of carbonyl (C=O) groups excluding carboxylic acids is 1. The van der Waals surface area contributed by atoms with Crippen LogP contribution in [0.2, 0.25) is 0 Å². The summed E-state index contributed by atoms with van der Waals surface area (Å²) in [6.07, 6.45) is 3.04. The molecule has 1 aromatic carbocycles. The van der Waals surface area contributed by atoms with Gasteiger partial charge in [0, 0.05) is 6.07 Å². The predicted octanol–water partition coefficient (Wildman–Crippen LogP) is 2.40. The van der Waals surface area contributed by atoms with Gasteiger partial charge in [-0.05, 0) is 37.8 Å². The van der Waals surface area contributed by atoms with Gasteiger partial charge >= 0.3 is 0 Å². The standard InChI is InChI=1S/C14H15FN2O2/c1-19-10-4-5-11(12(15)8-10)13(18)17-14(9-16)6-2-3-7-14/h4-5,8H,2-3,6-7H2,1H3,(H,17,18). The van der Waals surface area contributed by atoms with Gasteiger partial charge in [-0.1, -0.05) is 0 Å². The van der Waals surface area contributed by atoms with Crippen LogP contribution in [0.15, 0.2) is 18.2 Å². The van der Waals surface area contributed by atoms with Crippen LogP contribution in [0.5, 0.6) is 5.75 Å². The molecule has 1 N–H and O–H groups in total. The molecule has 1 aliphatic carbocycles. The van der Waals surface area contributed by atoms with E-state index in [2.05, 4.69) is 11.4 Å². The average Bonchev–Trinajstić information content (AvgIpc) is 2.87. The number of nitrogens with one attached hydrogen (secondary N) is 1. The molecule has 4 nitrogen and oxygen atoms in total. The van der Waals surface area contributed by atoms with Gasteiger partial charge in [-0.15, -0.1) is 0 Å². The minimum absolute atomic E-state index is 0.0673. The molecule has 0 radical (unpaired) electrons. The number of halogens is 1. The van der Waals surface area contributed by atoms with E-state index >= 15 is 0 Å². The van der Waals surface area contributed by atoms with Gasteiger partial charge in [-0.2, -0.15) is 5.26 Å². The lowest BCUT2D eigenvalue weighted by molar-refractivity contribution is 0.0916. The van der Waals surface area contributed by atoms with Gasteiger partial charge in [0.15, 0.2) is 0 Å². The topological polar surface area (TPSA) is 62.1 Å². The Balaban J connectivity index is 2.18. The second kappa shape index (κ2) is 5.27. The zero-order valence-corrected chi connectivity index (χ0v) is 10.7. The van der Waals surface area contributed by atoms with Gasteiger partial charge in [-0.25, -0.2) is 4.39 Å². The molecule has 0 spiro atoms. The van der Waals surface area contributed by atoms with Crippen molar-refractivity contribution in [2.45, 2.75) is 31.2 Å². The van der Waals surface area contributed by atoms with Gasteiger partial charge in [0.25, 0.3) is 5.91 Å². The summed E-state index contributed by atoms with van der Waals surface area (Å²) in [5.74, 6) is -0.851. The van der Waals surface area contributed by atoms with E-state index in [1.54, 1.807) is 0 Å². The largest absolute Gasteiger partial charge is 0.497 e. The Labute approximate surface area is 111 Å². The maximum Gasteiger partial charge on any atom is 0.255 e. The SMILES string of the molecule is COc1ccc(C(=O)NC2(C#N)CCCC2)c(F)c1. The maximum absolute atomic E-state index is 13.8. The number of hydrogen-bond acceptors (Lipinski definition) is 3. The molecule has 100 valence electrons. The fourth-order valence-electron chi connectivity index (χ4n) is 2.33. The highest BCUT2D eigenvalue weighted by molar-refractivity contribution is 5.95. The van der Waals surface area contributed by atoms with E-state index in [9.17, 15) is 14.4 Å². The van der Waals surface area contributed by atoms with Crippen molar-refractivity contribution in [1.29, 1.82) is 5.26 Å². The summed E-state index contributed by atoms with van der Waals surface area (Å²) in [5, 5.41) is 11.8. The Hall–Kier alpha value is -2.09. The number of amides is 1. The minimum atomic E-state index is -0.844. The van der Waals surface area contributed by atoms with Gasteiger partial charge < -0.3 is 10.1 Å². The summed E-state index contributed by atoms with van der Waals surface area (Å²) in [6.45, 7) is 0. The molecule has 0 atom stereocenters. The number of nitrogens with zero attached hydrogens (tertiary/aromatic N) is 1. The zero-order chi connectivity index (χ0) is 13.9. The third-order valence-electron chi connectivity index (χ3n) is 3.44. The molecule has 1 aliphatic rings. The molecule has 0 aliphatic heterocycles. The third-order valence-corrected chi connectivity index (χ3v) is 3.44. The normalized spacial score (nSPS) is 16.7. The molecule has 5 heteroatoms. The molecule has 0 aromatic heterocycles. The second-order valence-electron chi connectivity index (χ2n) is 4.70. The van der Waals surface area contributed by atoms with Gasteiger partial charge in [-0.3, -0.25) is 4.79 Å². The summed E-state index contributed by atoms with van der Waals surface area (Å²) in [4.78, 5) is 12.0. The van der Waals surface area contributed by atoms with Crippen LogP contribution in [0.1, 0.15) is 36.0 Å². The smallest absolute Gasteiger partial charge is 0.255 e. The van der Waals surface area contributed by atoms with Crippen molar-refractivity contribution in [2.75, 3.05) is 7.11 Å². The number of benzene rings is 1. The molecule has 19 heavy (non-hydrogen) atoms. The fourth-order valence-corrected chi connectivity index (χ4v) is 2.33. The Morgan fingerprint density at radius 3 is 2.68 bits per heavy atom. The highest BCUT2D eigenvalue weighted by atomic mass is 19.1. The van der Waals surface area contributed by atoms with Crippen LogP contribution in [0.25, 0.3) is 0 Å². The molecule has 1 saturated carbocycles. The molecule has 1 fully saturated rings. The lowest BCUT2D eigenvalue weighted by atomic mass is 9.99. The Kier molecular flexibility index (Phi) is 3.70. The highest BCUT2D eigenvalue weighted by Gasteiger charge is 2.36. The summed E-state index contributed by atoms with van der Waals surface area (Å²) < 4.78 is 18.6. The van der Waals surface area contributed by atoms with Crippen LogP contribution in [-0.4, -0.2) is 18.6 Å². The fraction of sp³-hybridized carbons (Fsp3) is 0.429. The number of rotatable bonds is 3. The highest BCUT2D eigenvalue weighted by Crippen LogP contribution is 2.29. The van der Waals surface area contributed by atoms with Crippen molar-refractivity contribution >= 4 is 5.91 Å². The number of hydrogen-bond donors (Lipinski definition) is 1. The van der Waals surface area contributed by atoms with Crippen molar-refractivity contribution in [3.05, 3.63) is 29.6 Å². The number of nitriles is 1. The zero-order valence-electron chi connectivity index (χ0n) is 10.7. The summed E-state index contributed by atoms with van der Waals surface area (Å²) >= 11 is 0. The van der Waals surface area contributed by atoms with E-state index in [1.165, 1.54) is 19.2 Å². The second-order valence-corrected chi connectivity index (χ2v) is 4.70. The van der Waals surface area contributed by atoms with Gasteiger partial charge in [0.1, 0.15) is 17.1 Å². The Morgan fingerprint density at radius 2 is 2.16 bits per heavy atom. The lowest BCUT2D eigenvalue weighted by Gasteiger charge is -2.22. The van der Waals surface area contributed by atoms with Crippen molar-refractivity contribution in [3.63, 3.8) is 0 Å². The van der Waals surface area contributed by atoms with E-state index in [0.29, 0.717) is 18.6 Å². The molecule has 1 amide bonds. The molecule has 0 saturated heterocycles. The van der Waals surface area contributed by atoms with Gasteiger partial charge in [0.05, 0.1) is 18.7 Å². The monoisotopic (exact) mass is 262 g/mol. The lowest BCUT2D eigenvalue weighted by Crippen LogP contribution is -2.45. The van der Waals surface area contributed by atoms with E-state index in [-0.39, 0.29) is 5.56 Å². The molecule has 0 heterocycles. The van der Waals surface area contributed by atoms with E-state index in [4.69, 9.17) is 4.74 Å². The van der Waals surface area contributed by atoms with Crippen molar-refractivity contribution in [3.8, 4) is 11.8 Å². The minimum Gasteiger partial charge on any atom is -0.497 e. The van der Waals surface area contributed by atoms with Crippen molar-refractivity contribution in [1.82, 2.24) is 5.32 Å². The molecule has 2 rings (SSSR count). The van der Waals surface area contributed by atoms with E-state index < -0.39 is 17.3 Å². The summed E-state index contributed by atoms with van der Waals surface area (Å²) in [7, 11) is 1.43. The first-order valence-electron chi connectivity index (χ1n) is 6.17. The third kappa shape index (κ3) is 2.68. The molecule has 1 aromatic rings. The van der Waals surface area contributed by atoms with Crippen LogP contribution in [-0.2, 0) is 0 Å². The van der Waals surface area contributed by atoms with Gasteiger partial charge in [0.2, 0.25) is 0 Å². The maximum atomic E-state index is 13.8. The number of ether oxygens (including phenoxy) is 1. The molecule has 0 unspecified atom stereocenters. The van der Waals surface area contributed by atoms with Crippen molar-refractivity contribution in [2.24, 2.45) is 0 Å². The van der Waals surface area contributed by atoms with E-state index in [0.717, 1.165) is 18.9 Å². The molecular weight excluding hydrogens is 247 g/mol. The quantitative estimate of drug-likeness (QED) is 0.909. The average molecular weight is 262 g/mol. The van der Waals surface area contributed by atoms with Crippen molar-refractivity contribution < 1.29 is 13.9 Å². The van der Waals surface area contributed by atoms with E-state index in [1.807, 2.05) is 0 Å². The Bertz CT molecular complexity index is 531. The first-order chi connectivity index (χ1) is 9.10. The summed E-state index contributed by atoms with van der Waals surface area (Å²) in [6, 6.07) is 6.18.